The van der Waals surface area contributed by atoms with E-state index in [9.17, 15) is 25.9 Å². The summed E-state index contributed by atoms with van der Waals surface area (Å²) >= 11 is 4.98. The third-order valence-electron chi connectivity index (χ3n) is 9.46. The van der Waals surface area contributed by atoms with Gasteiger partial charge < -0.3 is 18.4 Å². The first-order valence-electron chi connectivity index (χ1n) is 17.7. The van der Waals surface area contributed by atoms with Crippen molar-refractivity contribution in [2.75, 3.05) is 23.0 Å². The molecule has 0 radical (unpaired) electrons. The van der Waals surface area contributed by atoms with E-state index in [1.807, 2.05) is 60.0 Å². The fourth-order valence-electron chi connectivity index (χ4n) is 6.79. The average molecular weight is 828 g/mol. The lowest BCUT2D eigenvalue weighted by molar-refractivity contribution is -0.677. The first-order chi connectivity index (χ1) is 26.4. The molecule has 4 aromatic carbocycles. The molecule has 282 valence electrons. The number of thioether (sulfide) groups is 1. The lowest BCUT2D eigenvalue weighted by atomic mass is 10.1. The molecule has 0 unspecified atom stereocenters. The van der Waals surface area contributed by atoms with Gasteiger partial charge in [0.2, 0.25) is 5.58 Å². The Bertz CT molecular complexity index is 2800. The molecule has 0 saturated heterocycles. The van der Waals surface area contributed by atoms with Crippen molar-refractivity contribution in [3.63, 3.8) is 0 Å². The molecule has 7 aromatic rings. The summed E-state index contributed by atoms with van der Waals surface area (Å²) in [6.07, 6.45) is 4.89. The molecule has 0 saturated carbocycles. The van der Waals surface area contributed by atoms with Gasteiger partial charge in [-0.25, -0.2) is 16.8 Å². The molecule has 0 N–H and O–H groups in total. The van der Waals surface area contributed by atoms with Crippen molar-refractivity contribution in [3.8, 4) is 20.9 Å². The summed E-state index contributed by atoms with van der Waals surface area (Å²) in [5.41, 5.74) is 5.31. The summed E-state index contributed by atoms with van der Waals surface area (Å²) in [7, 11) is -8.80. The van der Waals surface area contributed by atoms with Crippen molar-refractivity contribution >= 4 is 97.7 Å². The smallest absolute Gasteiger partial charge is 0.374 e. The second kappa shape index (κ2) is 15.3. The van der Waals surface area contributed by atoms with E-state index in [-0.39, 0.29) is 19.4 Å². The number of thiophene rings is 2. The molecule has 0 atom stereocenters. The molecule has 1 aliphatic heterocycles. The zero-order valence-electron chi connectivity index (χ0n) is 29.6. The number of fused-ring (bicyclic) bond motifs is 4. The Morgan fingerprint density at radius 1 is 0.782 bits per heavy atom. The Hall–Kier alpha value is -4.28. The van der Waals surface area contributed by atoms with Gasteiger partial charge in [-0.3, -0.25) is 0 Å². The van der Waals surface area contributed by atoms with Gasteiger partial charge in [-0.1, -0.05) is 61.2 Å². The van der Waals surface area contributed by atoms with Gasteiger partial charge in [0, 0.05) is 54.6 Å². The minimum absolute atomic E-state index is 0.116. The minimum atomic E-state index is -4.41. The van der Waals surface area contributed by atoms with Crippen LogP contribution in [-0.2, 0) is 26.8 Å². The van der Waals surface area contributed by atoms with Gasteiger partial charge in [0.1, 0.15) is 0 Å². The number of nitrogens with zero attached hydrogens (tertiary/aromatic N) is 2. The second-order valence-corrected chi connectivity index (χ2v) is 19.6. The molecular formula is C41H35N2O7S5-. The van der Waals surface area contributed by atoms with Crippen molar-refractivity contribution in [3.05, 3.63) is 120 Å². The molecule has 14 heteroatoms. The summed E-state index contributed by atoms with van der Waals surface area (Å²) < 4.78 is 80.3. The number of benzene rings is 4. The van der Waals surface area contributed by atoms with E-state index in [0.29, 0.717) is 24.4 Å². The standard InChI is InChI=1S/C41H36N2O7S5/c1-2-27(21-40-42(17-7-19-54(44,45)46)32-23-30(13-15-34(32)50-40)38-25-28-9-3-5-11-35(28)51-38)22-41-43(18-8-20-55(47,48)49)33-24-31(14-16-37(33)53-41)39-26-29-10-4-6-12-36(29)52-39/h3-6,9-16,21-26H,2,7-8,17-20H2,1H3,(H-,44,45,46,47,48,49)/p-1. The maximum atomic E-state index is 11.6. The Morgan fingerprint density at radius 2 is 1.40 bits per heavy atom. The van der Waals surface area contributed by atoms with Gasteiger partial charge in [-0.2, -0.15) is 4.57 Å². The maximum Gasteiger partial charge on any atom is 0.374 e. The van der Waals surface area contributed by atoms with Crippen LogP contribution in [0.15, 0.2) is 123 Å². The zero-order chi connectivity index (χ0) is 38.3. The topological polar surface area (TPSA) is 135 Å². The summed E-state index contributed by atoms with van der Waals surface area (Å²) in [6.45, 7) is 2.61. The van der Waals surface area contributed by atoms with Gasteiger partial charge in [0.05, 0.1) is 37.0 Å². The molecule has 0 bridgehead atoms. The van der Waals surface area contributed by atoms with Crippen LogP contribution in [0.1, 0.15) is 32.1 Å². The highest BCUT2D eigenvalue weighted by Gasteiger charge is 2.27. The summed E-state index contributed by atoms with van der Waals surface area (Å²) in [4.78, 5) is 5.31. The molecule has 1 aliphatic rings. The number of anilines is 1. The quantitative estimate of drug-likeness (QED) is 0.0823. The molecular weight excluding hydrogens is 793 g/mol. The van der Waals surface area contributed by atoms with Gasteiger partial charge in [-0.05, 0) is 94.9 Å². The van der Waals surface area contributed by atoms with Crippen molar-refractivity contribution in [1.29, 1.82) is 0 Å². The largest absolute Gasteiger partial charge is 0.748 e. The number of oxazole rings is 1. The summed E-state index contributed by atoms with van der Waals surface area (Å²) in [6, 6.07) is 33.0. The molecule has 55 heavy (non-hydrogen) atoms. The Labute approximate surface area is 331 Å². The lowest BCUT2D eigenvalue weighted by Crippen LogP contribution is -2.36. The van der Waals surface area contributed by atoms with E-state index in [1.165, 1.54) is 14.8 Å². The van der Waals surface area contributed by atoms with Crippen LogP contribution < -0.4 is 9.47 Å². The SMILES string of the molecule is CCC(/C=C1\Sc2ccc(-c3cc4ccccc4s3)cc2N1CCCS(=O)(=O)[O-])=C\c1oc2ccc(-c3cc4ccccc4s3)cc2[n+]1CCCS(=O)(=O)[O-]. The average Bonchev–Trinajstić information content (AvgIpc) is 3.93. The van der Waals surface area contributed by atoms with Crippen LogP contribution in [0.2, 0.25) is 0 Å². The van der Waals surface area contributed by atoms with Crippen molar-refractivity contribution in [2.45, 2.75) is 37.6 Å². The van der Waals surface area contributed by atoms with E-state index in [2.05, 4.69) is 65.6 Å². The Morgan fingerprint density at radius 3 is 2.04 bits per heavy atom. The lowest BCUT2D eigenvalue weighted by Gasteiger charge is -2.21. The van der Waals surface area contributed by atoms with Crippen molar-refractivity contribution < 1.29 is 34.9 Å². The summed E-state index contributed by atoms with van der Waals surface area (Å²) in [5.74, 6) is -0.453. The molecule has 9 nitrogen and oxygen atoms in total. The number of hydrogen-bond acceptors (Lipinski definition) is 11. The molecule has 0 spiro atoms. The Kier molecular flexibility index (Phi) is 10.5. The zero-order valence-corrected chi connectivity index (χ0v) is 33.7. The van der Waals surface area contributed by atoms with Gasteiger partial charge in [0.25, 0.3) is 5.52 Å². The summed E-state index contributed by atoms with van der Waals surface area (Å²) in [5, 5.41) is 3.20. The number of aryl methyl sites for hydroxylation is 1. The number of rotatable bonds is 13. The monoisotopic (exact) mass is 827 g/mol. The van der Waals surface area contributed by atoms with Crippen LogP contribution in [0.4, 0.5) is 5.69 Å². The molecule has 0 amide bonds. The van der Waals surface area contributed by atoms with E-state index in [0.717, 1.165) is 53.0 Å². The minimum Gasteiger partial charge on any atom is -0.748 e. The van der Waals surface area contributed by atoms with Crippen molar-refractivity contribution in [2.24, 2.45) is 0 Å². The predicted octanol–water partition coefficient (Wildman–Crippen LogP) is 9.60. The maximum absolute atomic E-state index is 11.6. The first kappa shape index (κ1) is 37.6. The highest BCUT2D eigenvalue weighted by Crippen LogP contribution is 2.49. The normalized spacial score (nSPS) is 14.6. The highest BCUT2D eigenvalue weighted by molar-refractivity contribution is 8.03. The van der Waals surface area contributed by atoms with E-state index >= 15 is 0 Å². The fourth-order valence-corrected chi connectivity index (χ4v) is 11.0. The van der Waals surface area contributed by atoms with Crippen LogP contribution in [0.3, 0.4) is 0 Å². The second-order valence-electron chi connectivity index (χ2n) is 13.3. The van der Waals surface area contributed by atoms with Crippen LogP contribution in [0.5, 0.6) is 0 Å². The molecule has 3 aromatic heterocycles. The molecule has 0 aliphatic carbocycles. The predicted molar refractivity (Wildman–Crippen MR) is 222 cm³/mol. The van der Waals surface area contributed by atoms with Crippen molar-refractivity contribution in [1.82, 2.24) is 0 Å². The molecule has 0 fully saturated rings. The molecule has 8 rings (SSSR count). The van der Waals surface area contributed by atoms with Gasteiger partial charge in [0.15, 0.2) is 6.54 Å². The van der Waals surface area contributed by atoms with E-state index < -0.39 is 31.7 Å². The third-order valence-corrected chi connectivity index (χ3v) is 14.5. The van der Waals surface area contributed by atoms with E-state index in [4.69, 9.17) is 4.42 Å². The van der Waals surface area contributed by atoms with E-state index in [1.54, 1.807) is 34.4 Å². The Balaban J connectivity index is 1.17. The molecule has 4 heterocycles. The third kappa shape index (κ3) is 8.46. The number of allylic oxidation sites excluding steroid dienone is 2. The van der Waals surface area contributed by atoms with Gasteiger partial charge >= 0.3 is 5.89 Å². The van der Waals surface area contributed by atoms with Crippen LogP contribution >= 0.6 is 34.4 Å². The first-order valence-corrected chi connectivity index (χ1v) is 23.3. The number of aromatic nitrogens is 1. The highest BCUT2D eigenvalue weighted by atomic mass is 32.2. The number of hydrogen-bond donors (Lipinski definition) is 0. The van der Waals surface area contributed by atoms with Crippen LogP contribution in [0, 0.1) is 0 Å². The van der Waals surface area contributed by atoms with Gasteiger partial charge in [-0.15, -0.1) is 22.7 Å². The fraction of sp³-hybridized carbons (Fsp3) is 0.195. The van der Waals surface area contributed by atoms with Crippen LogP contribution in [-0.4, -0.2) is 44.0 Å². The van der Waals surface area contributed by atoms with Crippen LogP contribution in [0.25, 0.3) is 58.2 Å².